The Labute approximate surface area is 406 Å². The molecule has 0 saturated carbocycles. The number of hydrogen-bond donors (Lipinski definition) is 4. The molecule has 0 radical (unpaired) electrons. The van der Waals surface area contributed by atoms with Gasteiger partial charge in [-0.2, -0.15) is 0 Å². The number of anilines is 2. The van der Waals surface area contributed by atoms with Gasteiger partial charge in [0, 0.05) is 106 Å². The summed E-state index contributed by atoms with van der Waals surface area (Å²) in [5.74, 6) is -2.14. The Morgan fingerprint density at radius 3 is 2.29 bits per heavy atom. The fourth-order valence-corrected chi connectivity index (χ4v) is 10.2. The third kappa shape index (κ3) is 12.4. The number of nitrogens with one attached hydrogen (secondary N) is 3. The van der Waals surface area contributed by atoms with Crippen LogP contribution in [0.1, 0.15) is 124 Å². The monoisotopic (exact) mass is 943 g/mol. The molecule has 368 valence electrons. The van der Waals surface area contributed by atoms with E-state index < -0.39 is 23.8 Å². The van der Waals surface area contributed by atoms with E-state index in [1.807, 2.05) is 32.9 Å². The Morgan fingerprint density at radius 2 is 1.59 bits per heavy atom. The smallest absolute Gasteiger partial charge is 0.264 e. The highest BCUT2D eigenvalue weighted by molar-refractivity contribution is 6.25. The number of H-pyrrole nitrogens is 1. The van der Waals surface area contributed by atoms with Crippen molar-refractivity contribution in [3.05, 3.63) is 116 Å². The summed E-state index contributed by atoms with van der Waals surface area (Å²) in [6.45, 7) is 17.1. The van der Waals surface area contributed by atoms with Gasteiger partial charge < -0.3 is 40.7 Å². The van der Waals surface area contributed by atoms with Crippen LogP contribution in [-0.2, 0) is 27.4 Å². The van der Waals surface area contributed by atoms with E-state index in [9.17, 15) is 28.8 Å². The summed E-state index contributed by atoms with van der Waals surface area (Å²) in [6, 6.07) is 19.1. The van der Waals surface area contributed by atoms with Gasteiger partial charge in [-0.1, -0.05) is 49.6 Å². The Bertz CT molecular complexity index is 2530. The average molecular weight is 943 g/mol. The molecule has 1 aromatic heterocycles. The van der Waals surface area contributed by atoms with Crippen molar-refractivity contribution < 1.29 is 28.7 Å². The Morgan fingerprint density at radius 1 is 0.884 bits per heavy atom. The van der Waals surface area contributed by atoms with Crippen molar-refractivity contribution in [1.29, 1.82) is 0 Å². The number of primary amides is 1. The van der Waals surface area contributed by atoms with Crippen LogP contribution in [0.2, 0.25) is 0 Å². The predicted molar refractivity (Wildman–Crippen MR) is 270 cm³/mol. The van der Waals surface area contributed by atoms with E-state index in [1.165, 1.54) is 5.56 Å². The van der Waals surface area contributed by atoms with Crippen LogP contribution in [0.15, 0.2) is 65.5 Å². The van der Waals surface area contributed by atoms with E-state index in [1.54, 1.807) is 18.2 Å². The van der Waals surface area contributed by atoms with E-state index in [4.69, 9.17) is 10.5 Å². The summed E-state index contributed by atoms with van der Waals surface area (Å²) >= 11 is 0. The number of benzene rings is 3. The third-order valence-electron chi connectivity index (χ3n) is 14.1. The number of nitrogens with zero attached hydrogens (tertiary/aromatic N) is 4. The lowest BCUT2D eigenvalue weighted by Gasteiger charge is -2.37. The zero-order valence-electron chi connectivity index (χ0n) is 40.9. The summed E-state index contributed by atoms with van der Waals surface area (Å²) < 4.78 is 5.71. The van der Waals surface area contributed by atoms with Gasteiger partial charge in [0.25, 0.3) is 23.3 Å². The van der Waals surface area contributed by atoms with Gasteiger partial charge in [0.1, 0.15) is 12.3 Å². The number of aldehydes is 1. The van der Waals surface area contributed by atoms with Crippen molar-refractivity contribution in [3.8, 4) is 11.1 Å². The molecule has 7 rings (SSSR count). The van der Waals surface area contributed by atoms with Gasteiger partial charge in [-0.05, 0) is 124 Å². The number of piperazine rings is 1. The number of hydrogen-bond acceptors (Lipinski definition) is 11. The number of aromatic nitrogens is 1. The molecule has 4 amide bonds. The first-order valence-corrected chi connectivity index (χ1v) is 24.9. The van der Waals surface area contributed by atoms with Crippen LogP contribution in [-0.4, -0.2) is 121 Å². The minimum absolute atomic E-state index is 0.00260. The van der Waals surface area contributed by atoms with E-state index in [0.717, 1.165) is 143 Å². The maximum absolute atomic E-state index is 14.0. The Kier molecular flexibility index (Phi) is 17.6. The van der Waals surface area contributed by atoms with Gasteiger partial charge in [0.15, 0.2) is 0 Å². The van der Waals surface area contributed by atoms with Gasteiger partial charge in [0.05, 0.1) is 11.1 Å². The maximum atomic E-state index is 14.0. The summed E-state index contributed by atoms with van der Waals surface area (Å²) in [7, 11) is 0. The van der Waals surface area contributed by atoms with Gasteiger partial charge in [-0.3, -0.25) is 33.8 Å². The Balaban J connectivity index is 0.868. The van der Waals surface area contributed by atoms with Crippen molar-refractivity contribution in [3.63, 3.8) is 0 Å². The van der Waals surface area contributed by atoms with Crippen LogP contribution in [0.5, 0.6) is 0 Å². The van der Waals surface area contributed by atoms with E-state index in [2.05, 4.69) is 67.6 Å². The number of carbonyl (C=O) groups is 5. The number of imide groups is 1. The molecule has 2 fully saturated rings. The number of ether oxygens (including phenoxy) is 1. The molecule has 1 atom stereocenters. The molecular weight excluding hydrogens is 873 g/mol. The summed E-state index contributed by atoms with van der Waals surface area (Å²) in [5.41, 5.74) is 14.5. The summed E-state index contributed by atoms with van der Waals surface area (Å²) in [4.78, 5) is 87.5. The zero-order valence-corrected chi connectivity index (χ0v) is 40.9. The number of amides is 4. The van der Waals surface area contributed by atoms with E-state index in [-0.39, 0.29) is 42.0 Å². The lowest BCUT2D eigenvalue weighted by atomic mass is 9.94. The van der Waals surface area contributed by atoms with Crippen LogP contribution >= 0.6 is 0 Å². The fourth-order valence-electron chi connectivity index (χ4n) is 10.2. The van der Waals surface area contributed by atoms with Crippen LogP contribution in [0.25, 0.3) is 11.1 Å². The molecule has 4 aromatic rings. The van der Waals surface area contributed by atoms with E-state index >= 15 is 0 Å². The number of pyridine rings is 1. The first kappa shape index (κ1) is 50.7. The van der Waals surface area contributed by atoms with Crippen molar-refractivity contribution in [2.45, 2.75) is 111 Å². The number of unbranched alkanes of at least 4 members (excludes halogenated alkanes) is 4. The number of aromatic amines is 1. The predicted octanol–water partition coefficient (Wildman–Crippen LogP) is 6.51. The highest BCUT2D eigenvalue weighted by Crippen LogP contribution is 2.35. The SMILES string of the molecule is CCN(c1cc(-c2ccc(CN3CCN(CCCCCCCNc4cccc5c4C(=O)N(C(CCC=O)C(N)=O)C5=O)CC3)cc2)cc(C(=O)NCc2c(C)cc(C)[nH]c2=O)c1C)C1CCOCC1. The molecule has 4 heterocycles. The van der Waals surface area contributed by atoms with Crippen molar-refractivity contribution in [2.24, 2.45) is 5.73 Å². The average Bonchev–Trinajstić information content (AvgIpc) is 3.59. The molecule has 2 saturated heterocycles. The maximum Gasteiger partial charge on any atom is 0.264 e. The summed E-state index contributed by atoms with van der Waals surface area (Å²) in [6.07, 6.45) is 7.86. The Hall–Kier alpha value is -6.16. The third-order valence-corrected chi connectivity index (χ3v) is 14.1. The number of rotatable bonds is 23. The normalized spacial score (nSPS) is 16.1. The molecule has 0 spiro atoms. The highest BCUT2D eigenvalue weighted by atomic mass is 16.5. The van der Waals surface area contributed by atoms with Crippen LogP contribution in [0.4, 0.5) is 11.4 Å². The van der Waals surface area contributed by atoms with Crippen molar-refractivity contribution in [2.75, 3.05) is 69.2 Å². The largest absolute Gasteiger partial charge is 0.384 e. The molecule has 15 nitrogen and oxygen atoms in total. The van der Waals surface area contributed by atoms with Crippen molar-refractivity contribution >= 4 is 41.3 Å². The minimum Gasteiger partial charge on any atom is -0.384 e. The van der Waals surface area contributed by atoms with Gasteiger partial charge in [-0.25, -0.2) is 0 Å². The molecule has 1 unspecified atom stereocenters. The summed E-state index contributed by atoms with van der Waals surface area (Å²) in [5, 5.41) is 6.39. The minimum atomic E-state index is -1.17. The molecule has 0 bridgehead atoms. The molecule has 0 aliphatic carbocycles. The lowest BCUT2D eigenvalue weighted by molar-refractivity contribution is -0.122. The van der Waals surface area contributed by atoms with Gasteiger partial charge >= 0.3 is 0 Å². The lowest BCUT2D eigenvalue weighted by Crippen LogP contribution is -2.47. The quantitative estimate of drug-likeness (QED) is 0.0360. The van der Waals surface area contributed by atoms with E-state index in [0.29, 0.717) is 35.7 Å². The number of fused-ring (bicyclic) bond motifs is 1. The molecule has 5 N–H and O–H groups in total. The topological polar surface area (TPSA) is 190 Å². The fraction of sp³-hybridized carbons (Fsp3) is 0.481. The van der Waals surface area contributed by atoms with Gasteiger partial charge in [0.2, 0.25) is 5.91 Å². The molecule has 3 aliphatic rings. The zero-order chi connectivity index (χ0) is 49.0. The molecule has 15 heteroatoms. The highest BCUT2D eigenvalue weighted by Gasteiger charge is 2.43. The molecule has 3 aromatic carbocycles. The first-order chi connectivity index (χ1) is 33.4. The number of aryl methyl sites for hydroxylation is 2. The molecular formula is C54H70N8O7. The standard InChI is InChI=1S/C54H70N8O7/c1-5-61(42-20-29-69-30-21-42)48-33-41(32-44(38(48)4)51(65)57-34-45-36(2)31-37(3)58-52(45)66)40-18-16-39(17-19-40)35-60-26-24-59(25-27-60)23-10-8-6-7-9-22-56-46-14-11-13-43-49(46)54(68)62(53(43)67)47(50(55)64)15-12-28-63/h11,13-14,16-19,28,31-33,42,47,56H,5-10,12,15,20-27,29-30,34-35H2,1-4H3,(H2,55,64)(H,57,65)(H,58,66). The van der Waals surface area contributed by atoms with Crippen LogP contribution < -0.4 is 26.8 Å². The van der Waals surface area contributed by atoms with Crippen LogP contribution in [0, 0.1) is 20.8 Å². The molecule has 3 aliphatic heterocycles. The number of nitrogens with two attached hydrogens (primary N) is 1. The van der Waals surface area contributed by atoms with Crippen LogP contribution in [0.3, 0.4) is 0 Å². The molecule has 69 heavy (non-hydrogen) atoms. The second-order valence-corrected chi connectivity index (χ2v) is 18.8. The second-order valence-electron chi connectivity index (χ2n) is 18.8. The second kappa shape index (κ2) is 23.9. The van der Waals surface area contributed by atoms with Crippen molar-refractivity contribution in [1.82, 2.24) is 25.0 Å². The number of carbonyl (C=O) groups excluding carboxylic acids is 5. The first-order valence-electron chi connectivity index (χ1n) is 24.9. The van der Waals surface area contributed by atoms with Gasteiger partial charge in [-0.15, -0.1) is 0 Å².